The Kier molecular flexibility index (Phi) is 6.13. The summed E-state index contributed by atoms with van der Waals surface area (Å²) in [5, 5.41) is 3.48. The van der Waals surface area contributed by atoms with Crippen LogP contribution in [0, 0.1) is 11.8 Å². The molecule has 17 heavy (non-hydrogen) atoms. The minimum Gasteiger partial charge on any atom is -0.495 e. The molecule has 0 amide bonds. The zero-order valence-electron chi connectivity index (χ0n) is 10.8. The molecule has 0 aromatic carbocycles. The second-order valence-corrected chi connectivity index (χ2v) is 3.76. The van der Waals surface area contributed by atoms with Crippen molar-refractivity contribution in [2.24, 2.45) is 0 Å². The van der Waals surface area contributed by atoms with Gasteiger partial charge in [-0.15, -0.1) is 11.8 Å². The van der Waals surface area contributed by atoms with E-state index in [1.807, 2.05) is 13.0 Å². The van der Waals surface area contributed by atoms with Gasteiger partial charge in [-0.2, -0.15) is 0 Å². The molecule has 1 heterocycles. The molecule has 1 aromatic rings. The molecule has 1 aromatic heterocycles. The molecular weight excluding hydrogens is 212 g/mol. The number of nitrogens with zero attached hydrogens (tertiary/aromatic N) is 1. The Hall–Kier alpha value is -1.53. The van der Waals surface area contributed by atoms with Crippen LogP contribution in [-0.2, 0) is 0 Å². The molecule has 0 saturated heterocycles. The van der Waals surface area contributed by atoms with Crippen LogP contribution in [0.3, 0.4) is 0 Å². The average molecular weight is 232 g/mol. The zero-order valence-corrected chi connectivity index (χ0v) is 10.8. The van der Waals surface area contributed by atoms with Crippen LogP contribution in [0.15, 0.2) is 18.5 Å². The van der Waals surface area contributed by atoms with E-state index in [-0.39, 0.29) is 6.04 Å². The van der Waals surface area contributed by atoms with Gasteiger partial charge in [0.2, 0.25) is 0 Å². The van der Waals surface area contributed by atoms with Crippen molar-refractivity contribution >= 4 is 0 Å². The molecule has 0 saturated carbocycles. The highest BCUT2D eigenvalue weighted by atomic mass is 16.5. The third-order valence-corrected chi connectivity index (χ3v) is 2.54. The molecule has 0 aliphatic rings. The minimum atomic E-state index is 0.209. The Bertz CT molecular complexity index is 393. The van der Waals surface area contributed by atoms with Crippen molar-refractivity contribution in [1.82, 2.24) is 10.3 Å². The summed E-state index contributed by atoms with van der Waals surface area (Å²) >= 11 is 0. The predicted octanol–water partition coefficient (Wildman–Crippen LogP) is 2.54. The monoisotopic (exact) mass is 232 g/mol. The molecule has 0 fully saturated rings. The number of pyridine rings is 1. The van der Waals surface area contributed by atoms with E-state index in [1.54, 1.807) is 19.5 Å². The lowest BCUT2D eigenvalue weighted by molar-refractivity contribution is 0.397. The molecule has 0 aliphatic heterocycles. The molecule has 1 rings (SSSR count). The summed E-state index contributed by atoms with van der Waals surface area (Å²) in [5.74, 6) is 6.87. The van der Waals surface area contributed by atoms with E-state index in [2.05, 4.69) is 29.1 Å². The number of ether oxygens (including phenoxy) is 1. The molecule has 3 heteroatoms. The summed E-state index contributed by atoms with van der Waals surface area (Å²) in [7, 11) is 1.67. The number of methoxy groups -OCH3 is 1. The lowest BCUT2D eigenvalue weighted by atomic mass is 10.0. The lowest BCUT2D eigenvalue weighted by Gasteiger charge is -2.18. The van der Waals surface area contributed by atoms with Gasteiger partial charge in [-0.25, -0.2) is 0 Å². The van der Waals surface area contributed by atoms with Crippen molar-refractivity contribution in [3.8, 4) is 17.6 Å². The molecule has 92 valence electrons. The highest BCUT2D eigenvalue weighted by molar-refractivity contribution is 5.33. The molecule has 0 aliphatic carbocycles. The van der Waals surface area contributed by atoms with E-state index in [0.717, 1.165) is 30.7 Å². The summed E-state index contributed by atoms with van der Waals surface area (Å²) in [6.45, 7) is 4.99. The maximum Gasteiger partial charge on any atom is 0.141 e. The summed E-state index contributed by atoms with van der Waals surface area (Å²) in [4.78, 5) is 4.07. The smallest absolute Gasteiger partial charge is 0.141 e. The summed E-state index contributed by atoms with van der Waals surface area (Å²) in [6, 6.07) is 2.20. The van der Waals surface area contributed by atoms with Gasteiger partial charge in [-0.05, 0) is 26.0 Å². The lowest BCUT2D eigenvalue weighted by Crippen LogP contribution is -2.22. The highest BCUT2D eigenvalue weighted by Gasteiger charge is 2.14. The van der Waals surface area contributed by atoms with Crippen molar-refractivity contribution in [2.45, 2.75) is 32.7 Å². The molecule has 0 spiro atoms. The first-order chi connectivity index (χ1) is 8.33. The fourth-order valence-electron chi connectivity index (χ4n) is 1.66. The van der Waals surface area contributed by atoms with Gasteiger partial charge in [-0.3, -0.25) is 4.98 Å². The quantitative estimate of drug-likeness (QED) is 0.765. The van der Waals surface area contributed by atoms with E-state index >= 15 is 0 Å². The number of hydrogen-bond acceptors (Lipinski definition) is 3. The first-order valence-corrected chi connectivity index (χ1v) is 5.94. The maximum absolute atomic E-state index is 5.34. The van der Waals surface area contributed by atoms with Crippen molar-refractivity contribution in [3.05, 3.63) is 24.0 Å². The molecule has 1 N–H and O–H groups in total. The minimum absolute atomic E-state index is 0.209. The third-order valence-electron chi connectivity index (χ3n) is 2.54. The molecule has 1 atom stereocenters. The van der Waals surface area contributed by atoms with Crippen molar-refractivity contribution in [2.75, 3.05) is 13.7 Å². The number of rotatable bonds is 6. The molecule has 0 radical (unpaired) electrons. The van der Waals surface area contributed by atoms with Crippen LogP contribution in [-0.4, -0.2) is 18.6 Å². The van der Waals surface area contributed by atoms with Gasteiger partial charge in [0, 0.05) is 24.2 Å². The standard InChI is InChI=1S/C14H20N2O/c1-4-6-7-13(16-9-5-2)12-8-10-15-11-14(12)17-3/h8,10-11,13,16H,5,7,9H2,1-3H3. The maximum atomic E-state index is 5.34. The van der Waals surface area contributed by atoms with Crippen LogP contribution in [0.1, 0.15) is 38.3 Å². The molecule has 1 unspecified atom stereocenters. The zero-order chi connectivity index (χ0) is 12.5. The van der Waals surface area contributed by atoms with Crippen molar-refractivity contribution < 1.29 is 4.74 Å². The fourth-order valence-corrected chi connectivity index (χ4v) is 1.66. The largest absolute Gasteiger partial charge is 0.495 e. The predicted molar refractivity (Wildman–Crippen MR) is 69.9 cm³/mol. The van der Waals surface area contributed by atoms with Crippen LogP contribution in [0.2, 0.25) is 0 Å². The summed E-state index contributed by atoms with van der Waals surface area (Å²) in [5.41, 5.74) is 1.12. The summed E-state index contributed by atoms with van der Waals surface area (Å²) in [6.07, 6.45) is 5.42. The Morgan fingerprint density at radius 3 is 3.00 bits per heavy atom. The third kappa shape index (κ3) is 4.08. The van der Waals surface area contributed by atoms with Crippen LogP contribution in [0.5, 0.6) is 5.75 Å². The van der Waals surface area contributed by atoms with Crippen LogP contribution in [0.4, 0.5) is 0 Å². The SMILES string of the molecule is CC#CCC(NCCC)c1ccncc1OC. The van der Waals surface area contributed by atoms with E-state index in [4.69, 9.17) is 4.74 Å². The number of nitrogens with one attached hydrogen (secondary N) is 1. The second kappa shape index (κ2) is 7.70. The van der Waals surface area contributed by atoms with Gasteiger partial charge >= 0.3 is 0 Å². The van der Waals surface area contributed by atoms with Gasteiger partial charge in [0.05, 0.1) is 13.3 Å². The first-order valence-electron chi connectivity index (χ1n) is 5.94. The Labute approximate surface area is 104 Å². The fraction of sp³-hybridized carbons (Fsp3) is 0.500. The van der Waals surface area contributed by atoms with Crippen molar-refractivity contribution in [3.63, 3.8) is 0 Å². The summed E-state index contributed by atoms with van der Waals surface area (Å²) < 4.78 is 5.34. The molecule has 0 bridgehead atoms. The van der Waals surface area contributed by atoms with Gasteiger partial charge < -0.3 is 10.1 Å². The van der Waals surface area contributed by atoms with E-state index in [0.29, 0.717) is 0 Å². The van der Waals surface area contributed by atoms with Gasteiger partial charge in [0.1, 0.15) is 5.75 Å². The first kappa shape index (κ1) is 13.5. The van der Waals surface area contributed by atoms with Crippen LogP contribution in [0.25, 0.3) is 0 Å². The Morgan fingerprint density at radius 2 is 2.35 bits per heavy atom. The van der Waals surface area contributed by atoms with Gasteiger partial charge in [0.25, 0.3) is 0 Å². The second-order valence-electron chi connectivity index (χ2n) is 3.76. The number of hydrogen-bond donors (Lipinski definition) is 1. The van der Waals surface area contributed by atoms with Crippen LogP contribution >= 0.6 is 0 Å². The normalized spacial score (nSPS) is 11.5. The van der Waals surface area contributed by atoms with E-state index in [1.165, 1.54) is 0 Å². The number of aromatic nitrogens is 1. The molecule has 3 nitrogen and oxygen atoms in total. The highest BCUT2D eigenvalue weighted by Crippen LogP contribution is 2.25. The van der Waals surface area contributed by atoms with Crippen molar-refractivity contribution in [1.29, 1.82) is 0 Å². The van der Waals surface area contributed by atoms with E-state index in [9.17, 15) is 0 Å². The topological polar surface area (TPSA) is 34.2 Å². The van der Waals surface area contributed by atoms with Crippen LogP contribution < -0.4 is 10.1 Å². The van der Waals surface area contributed by atoms with Gasteiger partial charge in [-0.1, -0.05) is 6.92 Å². The Morgan fingerprint density at radius 1 is 1.53 bits per heavy atom. The Balaban J connectivity index is 2.88. The van der Waals surface area contributed by atoms with E-state index < -0.39 is 0 Å². The molecular formula is C14H20N2O. The average Bonchev–Trinajstić information content (AvgIpc) is 2.39. The van der Waals surface area contributed by atoms with Gasteiger partial charge in [0.15, 0.2) is 0 Å².